The molecule has 1 heterocycles. The van der Waals surface area contributed by atoms with Gasteiger partial charge in [-0.2, -0.15) is 0 Å². The van der Waals surface area contributed by atoms with Gasteiger partial charge in [-0.25, -0.2) is 4.39 Å². The molecule has 1 unspecified atom stereocenters. The van der Waals surface area contributed by atoms with Gasteiger partial charge in [-0.1, -0.05) is 25.0 Å². The largest absolute Gasteiger partial charge is 0.357 e. The number of halogens is 1. The number of rotatable bonds is 8. The molecule has 1 aliphatic carbocycles. The number of hydrogen-bond donors (Lipinski definition) is 3. The minimum absolute atomic E-state index is 0.119. The Labute approximate surface area is 173 Å². The number of guanidine groups is 1. The number of carbonyl (C=O) groups is 1. The van der Waals surface area contributed by atoms with Gasteiger partial charge in [0.1, 0.15) is 5.82 Å². The lowest BCUT2D eigenvalue weighted by molar-refractivity contribution is -0.120. The molecule has 6 nitrogen and oxygen atoms in total. The molecule has 1 saturated heterocycles. The summed E-state index contributed by atoms with van der Waals surface area (Å²) in [6, 6.07) is 7.34. The van der Waals surface area contributed by atoms with Crippen molar-refractivity contribution < 1.29 is 9.18 Å². The van der Waals surface area contributed by atoms with Crippen LogP contribution in [0.4, 0.5) is 4.39 Å². The highest BCUT2D eigenvalue weighted by Crippen LogP contribution is 2.26. The van der Waals surface area contributed by atoms with E-state index in [-0.39, 0.29) is 18.1 Å². The van der Waals surface area contributed by atoms with Gasteiger partial charge in [0.2, 0.25) is 5.91 Å². The summed E-state index contributed by atoms with van der Waals surface area (Å²) in [7, 11) is 0. The second-order valence-electron chi connectivity index (χ2n) is 7.98. The Morgan fingerprint density at radius 1 is 1.24 bits per heavy atom. The second-order valence-corrected chi connectivity index (χ2v) is 7.98. The Balaban J connectivity index is 1.39. The average molecular weight is 404 g/mol. The Kier molecular flexibility index (Phi) is 8.28. The minimum Gasteiger partial charge on any atom is -0.357 e. The molecule has 2 aliphatic rings. The zero-order valence-electron chi connectivity index (χ0n) is 17.4. The predicted molar refractivity (Wildman–Crippen MR) is 114 cm³/mol. The Morgan fingerprint density at radius 3 is 2.83 bits per heavy atom. The molecule has 3 N–H and O–H groups in total. The molecular formula is C22H34FN5O. The standard InChI is InChI=1S/C22H34FN5O/c1-2-24-22(27-19-10-13-28(16-19)20-8-3-4-9-20)26-12-11-25-21(29)15-17-6-5-7-18(23)14-17/h5-7,14,19-20H,2-4,8-13,15-16H2,1H3,(H,25,29)(H2,24,26,27). The van der Waals surface area contributed by atoms with E-state index in [1.54, 1.807) is 12.1 Å². The summed E-state index contributed by atoms with van der Waals surface area (Å²) in [6.07, 6.45) is 6.75. The predicted octanol–water partition coefficient (Wildman–Crippen LogP) is 2.06. The second kappa shape index (κ2) is 11.1. The van der Waals surface area contributed by atoms with E-state index in [0.29, 0.717) is 24.7 Å². The summed E-state index contributed by atoms with van der Waals surface area (Å²) in [5.41, 5.74) is 0.675. The smallest absolute Gasteiger partial charge is 0.224 e. The number of amides is 1. The number of nitrogens with one attached hydrogen (secondary N) is 3. The maximum Gasteiger partial charge on any atom is 0.224 e. The Bertz CT molecular complexity index is 690. The molecule has 0 bridgehead atoms. The molecule has 7 heteroatoms. The maximum absolute atomic E-state index is 13.2. The SMILES string of the molecule is CCNC(=NCCNC(=O)Cc1cccc(F)c1)NC1CCN(C2CCCC2)C1. The number of aliphatic imine (C=N–C) groups is 1. The van der Waals surface area contributed by atoms with Crippen LogP contribution in [0.2, 0.25) is 0 Å². The summed E-state index contributed by atoms with van der Waals surface area (Å²) < 4.78 is 13.2. The molecule has 3 rings (SSSR count). The molecule has 0 spiro atoms. The van der Waals surface area contributed by atoms with Gasteiger partial charge >= 0.3 is 0 Å². The van der Waals surface area contributed by atoms with Crippen LogP contribution in [0.25, 0.3) is 0 Å². The van der Waals surface area contributed by atoms with Gasteiger partial charge in [-0.3, -0.25) is 14.7 Å². The van der Waals surface area contributed by atoms with Crippen molar-refractivity contribution in [3.63, 3.8) is 0 Å². The number of likely N-dealkylation sites (tertiary alicyclic amines) is 1. The van der Waals surface area contributed by atoms with Crippen molar-refractivity contribution in [3.05, 3.63) is 35.6 Å². The summed E-state index contributed by atoms with van der Waals surface area (Å²) in [5.74, 6) is 0.372. The van der Waals surface area contributed by atoms with Gasteiger partial charge in [0.25, 0.3) is 0 Å². The molecule has 29 heavy (non-hydrogen) atoms. The van der Waals surface area contributed by atoms with Crippen LogP contribution >= 0.6 is 0 Å². The average Bonchev–Trinajstić information content (AvgIpc) is 3.37. The third-order valence-electron chi connectivity index (χ3n) is 5.70. The van der Waals surface area contributed by atoms with Crippen molar-refractivity contribution >= 4 is 11.9 Å². The van der Waals surface area contributed by atoms with Crippen LogP contribution in [-0.2, 0) is 11.2 Å². The molecule has 0 radical (unpaired) electrons. The first kappa shape index (κ1) is 21.6. The molecule has 1 aromatic rings. The first-order valence-electron chi connectivity index (χ1n) is 10.9. The van der Waals surface area contributed by atoms with E-state index in [1.165, 1.54) is 37.8 Å². The number of benzene rings is 1. The maximum atomic E-state index is 13.2. The molecule has 1 aliphatic heterocycles. The summed E-state index contributed by atoms with van der Waals surface area (Å²) in [5, 5.41) is 9.70. The van der Waals surface area contributed by atoms with E-state index in [9.17, 15) is 9.18 Å². The van der Waals surface area contributed by atoms with Crippen molar-refractivity contribution in [2.45, 2.75) is 57.5 Å². The van der Waals surface area contributed by atoms with E-state index in [2.05, 4.69) is 32.8 Å². The molecule has 2 fully saturated rings. The molecule has 1 aromatic carbocycles. The van der Waals surface area contributed by atoms with Crippen LogP contribution in [-0.4, -0.2) is 61.6 Å². The molecule has 1 atom stereocenters. The minimum atomic E-state index is -0.320. The van der Waals surface area contributed by atoms with Gasteiger partial charge in [-0.15, -0.1) is 0 Å². The van der Waals surface area contributed by atoms with Gasteiger partial charge in [-0.05, 0) is 43.9 Å². The molecule has 160 valence electrons. The fraction of sp³-hybridized carbons (Fsp3) is 0.636. The van der Waals surface area contributed by atoms with Crippen molar-refractivity contribution in [3.8, 4) is 0 Å². The highest BCUT2D eigenvalue weighted by atomic mass is 19.1. The van der Waals surface area contributed by atoms with E-state index in [0.717, 1.165) is 38.1 Å². The van der Waals surface area contributed by atoms with E-state index >= 15 is 0 Å². The number of hydrogen-bond acceptors (Lipinski definition) is 3. The number of nitrogens with zero attached hydrogens (tertiary/aromatic N) is 2. The lowest BCUT2D eigenvalue weighted by Gasteiger charge is -2.24. The van der Waals surface area contributed by atoms with Gasteiger partial charge < -0.3 is 16.0 Å². The van der Waals surface area contributed by atoms with Crippen LogP contribution in [0.15, 0.2) is 29.3 Å². The zero-order valence-corrected chi connectivity index (χ0v) is 17.4. The van der Waals surface area contributed by atoms with Gasteiger partial charge in [0.15, 0.2) is 5.96 Å². The normalized spacial score (nSPS) is 20.8. The van der Waals surface area contributed by atoms with Gasteiger partial charge in [0.05, 0.1) is 13.0 Å². The van der Waals surface area contributed by atoms with Crippen molar-refractivity contribution in [2.75, 3.05) is 32.7 Å². The van der Waals surface area contributed by atoms with Crippen molar-refractivity contribution in [1.82, 2.24) is 20.9 Å². The number of carbonyl (C=O) groups excluding carboxylic acids is 1. The zero-order chi connectivity index (χ0) is 20.5. The van der Waals surface area contributed by atoms with Gasteiger partial charge in [0, 0.05) is 38.3 Å². The summed E-state index contributed by atoms with van der Waals surface area (Å²) in [4.78, 5) is 19.2. The molecule has 0 aromatic heterocycles. The third-order valence-corrected chi connectivity index (χ3v) is 5.70. The highest BCUT2D eigenvalue weighted by molar-refractivity contribution is 5.80. The van der Waals surface area contributed by atoms with Crippen LogP contribution in [0.5, 0.6) is 0 Å². The topological polar surface area (TPSA) is 68.8 Å². The quantitative estimate of drug-likeness (QED) is 0.353. The third kappa shape index (κ3) is 6.99. The van der Waals surface area contributed by atoms with E-state index in [4.69, 9.17) is 0 Å². The fourth-order valence-corrected chi connectivity index (χ4v) is 4.28. The van der Waals surface area contributed by atoms with Crippen molar-refractivity contribution in [2.24, 2.45) is 4.99 Å². The van der Waals surface area contributed by atoms with E-state index < -0.39 is 0 Å². The summed E-state index contributed by atoms with van der Waals surface area (Å²) in [6.45, 7) is 6.07. The monoisotopic (exact) mass is 403 g/mol. The van der Waals surface area contributed by atoms with Crippen LogP contribution in [0, 0.1) is 5.82 Å². The van der Waals surface area contributed by atoms with Crippen LogP contribution < -0.4 is 16.0 Å². The Hall–Kier alpha value is -2.15. The van der Waals surface area contributed by atoms with Crippen LogP contribution in [0.3, 0.4) is 0 Å². The molecule has 1 saturated carbocycles. The summed E-state index contributed by atoms with van der Waals surface area (Å²) >= 11 is 0. The first-order valence-corrected chi connectivity index (χ1v) is 10.9. The lowest BCUT2D eigenvalue weighted by Crippen LogP contribution is -2.45. The fourth-order valence-electron chi connectivity index (χ4n) is 4.28. The first-order chi connectivity index (χ1) is 14.1. The molecule has 1 amide bonds. The van der Waals surface area contributed by atoms with E-state index in [1.807, 2.05) is 0 Å². The van der Waals surface area contributed by atoms with Crippen molar-refractivity contribution in [1.29, 1.82) is 0 Å². The highest BCUT2D eigenvalue weighted by Gasteiger charge is 2.30. The van der Waals surface area contributed by atoms with Crippen LogP contribution in [0.1, 0.15) is 44.6 Å². The lowest BCUT2D eigenvalue weighted by atomic mass is 10.1. The molecular weight excluding hydrogens is 369 g/mol. The Morgan fingerprint density at radius 2 is 2.07 bits per heavy atom.